The number of methoxy groups -OCH3 is 1. The molecule has 0 N–H and O–H groups in total. The van der Waals surface area contributed by atoms with Crippen LogP contribution in [0, 0.1) is 0 Å². The van der Waals surface area contributed by atoms with Gasteiger partial charge in [0.25, 0.3) is 0 Å². The van der Waals surface area contributed by atoms with Crippen molar-refractivity contribution in [2.24, 2.45) is 7.05 Å². The average molecular weight is 410 g/mol. The number of rotatable bonds is 10. The van der Waals surface area contributed by atoms with E-state index in [1.165, 1.54) is 0 Å². The Morgan fingerprint density at radius 2 is 2.00 bits per heavy atom. The van der Waals surface area contributed by atoms with Crippen LogP contribution in [0.2, 0.25) is 0 Å². The number of aryl methyl sites for hydroxylation is 1. The van der Waals surface area contributed by atoms with Gasteiger partial charge in [0.15, 0.2) is 0 Å². The number of nitrogens with zero attached hydrogens (tertiary/aromatic N) is 5. The molecular formula is C19H31N5O3S. The van der Waals surface area contributed by atoms with Crippen LogP contribution in [0.25, 0.3) is 0 Å². The summed E-state index contributed by atoms with van der Waals surface area (Å²) in [5, 5.41) is 4.13. The first-order chi connectivity index (χ1) is 13.4. The van der Waals surface area contributed by atoms with Crippen molar-refractivity contribution < 1.29 is 13.2 Å². The summed E-state index contributed by atoms with van der Waals surface area (Å²) in [6.45, 7) is 2.54. The summed E-state index contributed by atoms with van der Waals surface area (Å²) >= 11 is 0. The van der Waals surface area contributed by atoms with Gasteiger partial charge in [-0.3, -0.25) is 9.58 Å². The Bertz CT molecular complexity index is 868. The van der Waals surface area contributed by atoms with Gasteiger partial charge >= 0.3 is 0 Å². The lowest BCUT2D eigenvalue weighted by atomic mass is 10.3. The van der Waals surface area contributed by atoms with Crippen LogP contribution in [0.1, 0.15) is 43.4 Å². The van der Waals surface area contributed by atoms with Crippen molar-refractivity contribution in [1.82, 2.24) is 24.2 Å². The van der Waals surface area contributed by atoms with Gasteiger partial charge in [0.05, 0.1) is 23.3 Å². The summed E-state index contributed by atoms with van der Waals surface area (Å²) in [7, 11) is 2.18. The fourth-order valence-electron chi connectivity index (χ4n) is 3.90. The summed E-state index contributed by atoms with van der Waals surface area (Å²) in [4.78, 5) is 6.51. The number of hydrogen-bond acceptors (Lipinski definition) is 6. The number of imidazole rings is 1. The summed E-state index contributed by atoms with van der Waals surface area (Å²) in [5.41, 5.74) is 2.04. The minimum Gasteiger partial charge on any atom is -0.385 e. The van der Waals surface area contributed by atoms with E-state index in [2.05, 4.69) is 15.0 Å². The van der Waals surface area contributed by atoms with E-state index in [9.17, 15) is 8.42 Å². The highest BCUT2D eigenvalue weighted by Gasteiger charge is 2.34. The fourth-order valence-corrected chi connectivity index (χ4v) is 5.86. The van der Waals surface area contributed by atoms with Gasteiger partial charge in [-0.25, -0.2) is 13.4 Å². The third kappa shape index (κ3) is 4.82. The van der Waals surface area contributed by atoms with Crippen molar-refractivity contribution in [2.75, 3.05) is 20.8 Å². The van der Waals surface area contributed by atoms with Crippen LogP contribution in [0.15, 0.2) is 23.7 Å². The Labute approximate surface area is 167 Å². The molecule has 1 saturated carbocycles. The third-order valence-electron chi connectivity index (χ3n) is 5.27. The molecule has 0 unspecified atom stereocenters. The van der Waals surface area contributed by atoms with E-state index in [4.69, 9.17) is 4.74 Å². The Morgan fingerprint density at radius 3 is 2.64 bits per heavy atom. The molecule has 156 valence electrons. The van der Waals surface area contributed by atoms with E-state index in [1.54, 1.807) is 18.0 Å². The molecule has 0 bridgehead atoms. The second-order valence-electron chi connectivity index (χ2n) is 7.68. The molecule has 1 fully saturated rings. The van der Waals surface area contributed by atoms with Crippen LogP contribution in [0.3, 0.4) is 0 Å². The maximum Gasteiger partial charge on any atom is 0.228 e. The van der Waals surface area contributed by atoms with Crippen LogP contribution >= 0.6 is 0 Å². The molecule has 2 aromatic heterocycles. The van der Waals surface area contributed by atoms with Gasteiger partial charge in [0.1, 0.15) is 0 Å². The quantitative estimate of drug-likeness (QED) is 0.558. The second-order valence-corrected chi connectivity index (χ2v) is 9.80. The monoisotopic (exact) mass is 409 g/mol. The third-order valence-corrected chi connectivity index (χ3v) is 7.45. The van der Waals surface area contributed by atoms with E-state index >= 15 is 0 Å². The van der Waals surface area contributed by atoms with Crippen LogP contribution in [0.5, 0.6) is 0 Å². The molecule has 3 rings (SSSR count). The van der Waals surface area contributed by atoms with E-state index in [0.717, 1.165) is 49.9 Å². The first-order valence-electron chi connectivity index (χ1n) is 9.85. The molecular weight excluding hydrogens is 378 g/mol. The zero-order valence-electron chi connectivity index (χ0n) is 17.0. The molecule has 28 heavy (non-hydrogen) atoms. The number of ether oxygens (including phenoxy) is 1. The zero-order valence-corrected chi connectivity index (χ0v) is 17.9. The smallest absolute Gasteiger partial charge is 0.228 e. The van der Waals surface area contributed by atoms with E-state index in [1.807, 2.05) is 31.1 Å². The van der Waals surface area contributed by atoms with Crippen molar-refractivity contribution >= 4 is 9.84 Å². The van der Waals surface area contributed by atoms with Crippen molar-refractivity contribution in [3.8, 4) is 0 Å². The van der Waals surface area contributed by atoms with E-state index < -0.39 is 9.84 Å². The van der Waals surface area contributed by atoms with Crippen LogP contribution < -0.4 is 0 Å². The van der Waals surface area contributed by atoms with Crippen LogP contribution in [0.4, 0.5) is 0 Å². The summed E-state index contributed by atoms with van der Waals surface area (Å²) in [5.74, 6) is 0. The largest absolute Gasteiger partial charge is 0.385 e. The van der Waals surface area contributed by atoms with Gasteiger partial charge in [-0.1, -0.05) is 12.8 Å². The summed E-state index contributed by atoms with van der Waals surface area (Å²) < 4.78 is 35.1. The number of sulfone groups is 1. The molecule has 2 aromatic rings. The molecule has 1 aliphatic rings. The summed E-state index contributed by atoms with van der Waals surface area (Å²) in [6.07, 6.45) is 9.75. The Morgan fingerprint density at radius 1 is 1.25 bits per heavy atom. The lowest BCUT2D eigenvalue weighted by molar-refractivity contribution is 0.188. The topological polar surface area (TPSA) is 82.2 Å². The lowest BCUT2D eigenvalue weighted by Gasteiger charge is -2.19. The number of aromatic nitrogens is 4. The summed E-state index contributed by atoms with van der Waals surface area (Å²) in [6, 6.07) is 0. The Kier molecular flexibility index (Phi) is 6.90. The van der Waals surface area contributed by atoms with Crippen molar-refractivity contribution in [2.45, 2.75) is 62.1 Å². The second kappa shape index (κ2) is 9.19. The normalized spacial score (nSPS) is 15.7. The zero-order chi connectivity index (χ0) is 20.1. The maximum absolute atomic E-state index is 13.1. The van der Waals surface area contributed by atoms with Gasteiger partial charge in [-0.05, 0) is 26.3 Å². The standard InChI is InChI=1S/C19H31N5O3S/c1-22(13-16-11-21-23(2)14-16)15-17-12-20-19(24(17)9-6-10-27-3)28(25,26)18-7-4-5-8-18/h11-12,14,18H,4-10,13,15H2,1-3H3. The van der Waals surface area contributed by atoms with Gasteiger partial charge in [0, 0.05) is 52.2 Å². The first-order valence-corrected chi connectivity index (χ1v) is 11.4. The van der Waals surface area contributed by atoms with Gasteiger partial charge in [-0.15, -0.1) is 0 Å². The molecule has 0 spiro atoms. The molecule has 0 aromatic carbocycles. The van der Waals surface area contributed by atoms with Crippen LogP contribution in [-0.4, -0.2) is 58.7 Å². The van der Waals surface area contributed by atoms with Gasteiger partial charge < -0.3 is 9.30 Å². The fraction of sp³-hybridized carbons (Fsp3) is 0.684. The Balaban J connectivity index is 1.80. The SMILES string of the molecule is COCCCn1c(CN(C)Cc2cnn(C)c2)cnc1S(=O)(=O)C1CCCC1. The highest BCUT2D eigenvalue weighted by Crippen LogP contribution is 2.29. The highest BCUT2D eigenvalue weighted by atomic mass is 32.2. The molecule has 0 atom stereocenters. The molecule has 0 saturated heterocycles. The highest BCUT2D eigenvalue weighted by molar-refractivity contribution is 7.91. The minimum atomic E-state index is -3.40. The molecule has 9 heteroatoms. The predicted molar refractivity (Wildman–Crippen MR) is 107 cm³/mol. The van der Waals surface area contributed by atoms with Crippen molar-refractivity contribution in [3.63, 3.8) is 0 Å². The van der Waals surface area contributed by atoms with Crippen molar-refractivity contribution in [1.29, 1.82) is 0 Å². The molecule has 2 heterocycles. The minimum absolute atomic E-state index is 0.222. The number of hydrogen-bond donors (Lipinski definition) is 0. The van der Waals surface area contributed by atoms with E-state index in [0.29, 0.717) is 19.7 Å². The predicted octanol–water partition coefficient (Wildman–Crippen LogP) is 2.00. The molecule has 8 nitrogen and oxygen atoms in total. The molecule has 0 amide bonds. The Hall–Kier alpha value is -1.71. The van der Waals surface area contributed by atoms with Gasteiger partial charge in [-0.2, -0.15) is 5.10 Å². The maximum atomic E-state index is 13.1. The first kappa shape index (κ1) is 21.0. The average Bonchev–Trinajstić information content (AvgIpc) is 3.37. The van der Waals surface area contributed by atoms with E-state index in [-0.39, 0.29) is 10.4 Å². The van der Waals surface area contributed by atoms with Crippen LogP contribution in [-0.2, 0) is 41.3 Å². The molecule has 1 aliphatic carbocycles. The molecule has 0 aliphatic heterocycles. The van der Waals surface area contributed by atoms with Crippen molar-refractivity contribution in [3.05, 3.63) is 29.8 Å². The van der Waals surface area contributed by atoms with Gasteiger partial charge in [0.2, 0.25) is 15.0 Å². The lowest BCUT2D eigenvalue weighted by Crippen LogP contribution is -2.24. The molecule has 0 radical (unpaired) electrons.